The lowest BCUT2D eigenvalue weighted by Crippen LogP contribution is -2.52. The molecule has 8 heteroatoms. The van der Waals surface area contributed by atoms with Gasteiger partial charge in [-0.3, -0.25) is 9.59 Å². The quantitative estimate of drug-likeness (QED) is 0.742. The van der Waals surface area contributed by atoms with Crippen molar-refractivity contribution in [2.75, 3.05) is 32.7 Å². The minimum Gasteiger partial charge on any atom is -0.347 e. The van der Waals surface area contributed by atoms with E-state index in [0.29, 0.717) is 30.3 Å². The van der Waals surface area contributed by atoms with Crippen molar-refractivity contribution < 1.29 is 18.0 Å². The summed E-state index contributed by atoms with van der Waals surface area (Å²) in [6.07, 6.45) is 6.31. The first kappa shape index (κ1) is 22.7. The number of benzene rings is 1. The van der Waals surface area contributed by atoms with Gasteiger partial charge in [-0.15, -0.1) is 0 Å². The minimum atomic E-state index is -3.58. The van der Waals surface area contributed by atoms with Crippen LogP contribution in [0.25, 0.3) is 0 Å². The van der Waals surface area contributed by atoms with Crippen molar-refractivity contribution in [1.29, 1.82) is 0 Å². The molecule has 3 rings (SSSR count). The molecular formula is C22H33N3O4S. The zero-order valence-electron chi connectivity index (χ0n) is 18.0. The fraction of sp³-hybridized carbons (Fsp3) is 0.636. The molecule has 0 spiro atoms. The number of aryl methyl sites for hydroxylation is 2. The first-order valence-corrected chi connectivity index (χ1v) is 12.3. The van der Waals surface area contributed by atoms with Crippen molar-refractivity contribution in [2.45, 2.75) is 57.3 Å². The van der Waals surface area contributed by atoms with Crippen molar-refractivity contribution in [3.8, 4) is 0 Å². The average Bonchev–Trinajstić information content (AvgIpc) is 2.74. The molecule has 166 valence electrons. The fourth-order valence-electron chi connectivity index (χ4n) is 4.31. The third kappa shape index (κ3) is 5.60. The highest BCUT2D eigenvalue weighted by Gasteiger charge is 2.31. The van der Waals surface area contributed by atoms with Crippen molar-refractivity contribution >= 4 is 21.8 Å². The highest BCUT2D eigenvalue weighted by molar-refractivity contribution is 7.89. The van der Waals surface area contributed by atoms with Gasteiger partial charge in [0, 0.05) is 32.6 Å². The Morgan fingerprint density at radius 2 is 1.70 bits per heavy atom. The number of amides is 2. The molecule has 1 aromatic carbocycles. The van der Waals surface area contributed by atoms with Gasteiger partial charge in [-0.1, -0.05) is 31.4 Å². The number of hydrogen-bond donors (Lipinski definition) is 1. The molecule has 1 saturated heterocycles. The Kier molecular flexibility index (Phi) is 7.52. The molecule has 1 N–H and O–H groups in total. The molecule has 0 atom stereocenters. The molecule has 0 unspecified atom stereocenters. The van der Waals surface area contributed by atoms with E-state index in [4.69, 9.17) is 0 Å². The number of hydrogen-bond acceptors (Lipinski definition) is 4. The maximum absolute atomic E-state index is 13.0. The van der Waals surface area contributed by atoms with Gasteiger partial charge in [-0.05, 0) is 49.8 Å². The van der Waals surface area contributed by atoms with Crippen molar-refractivity contribution in [2.24, 2.45) is 5.92 Å². The van der Waals surface area contributed by atoms with Crippen LogP contribution in [0.3, 0.4) is 0 Å². The molecule has 2 fully saturated rings. The lowest BCUT2D eigenvalue weighted by atomic mass is 9.87. The molecule has 1 aromatic rings. The molecule has 7 nitrogen and oxygen atoms in total. The van der Waals surface area contributed by atoms with Gasteiger partial charge in [0.05, 0.1) is 11.4 Å². The summed E-state index contributed by atoms with van der Waals surface area (Å²) < 4.78 is 27.5. The Morgan fingerprint density at radius 3 is 2.37 bits per heavy atom. The van der Waals surface area contributed by atoms with Crippen LogP contribution in [-0.4, -0.2) is 62.2 Å². The summed E-state index contributed by atoms with van der Waals surface area (Å²) >= 11 is 0. The molecule has 0 radical (unpaired) electrons. The third-order valence-electron chi connectivity index (χ3n) is 6.19. The van der Waals surface area contributed by atoms with E-state index in [0.717, 1.165) is 24.0 Å². The second-order valence-corrected chi connectivity index (χ2v) is 10.4. The Hall–Kier alpha value is -1.93. The number of rotatable bonds is 6. The van der Waals surface area contributed by atoms with E-state index in [1.807, 2.05) is 19.1 Å². The van der Waals surface area contributed by atoms with Crippen LogP contribution in [0.15, 0.2) is 23.1 Å². The van der Waals surface area contributed by atoms with Crippen LogP contribution in [0.2, 0.25) is 0 Å². The number of carbonyl (C=O) groups is 2. The SMILES string of the molecule is Cc1ccc(C)c(S(=O)(=O)N2CCN(C(=O)CNC(=O)CC3CCCCC3)CC2)c1. The van der Waals surface area contributed by atoms with E-state index in [-0.39, 0.29) is 31.4 Å². The molecule has 1 aliphatic carbocycles. The monoisotopic (exact) mass is 435 g/mol. The summed E-state index contributed by atoms with van der Waals surface area (Å²) in [6.45, 7) is 4.84. The third-order valence-corrected chi connectivity index (χ3v) is 8.23. The molecule has 2 aliphatic rings. The maximum Gasteiger partial charge on any atom is 0.243 e. The van der Waals surface area contributed by atoms with Gasteiger partial charge < -0.3 is 10.2 Å². The zero-order valence-corrected chi connectivity index (χ0v) is 18.8. The molecule has 1 aliphatic heterocycles. The van der Waals surface area contributed by atoms with Crippen molar-refractivity contribution in [1.82, 2.24) is 14.5 Å². The summed E-state index contributed by atoms with van der Waals surface area (Å²) in [5.41, 5.74) is 1.62. The Labute approximate surface area is 179 Å². The molecule has 0 bridgehead atoms. The van der Waals surface area contributed by atoms with Crippen LogP contribution in [0.1, 0.15) is 49.7 Å². The average molecular weight is 436 g/mol. The predicted molar refractivity (Wildman–Crippen MR) is 115 cm³/mol. The second-order valence-electron chi connectivity index (χ2n) is 8.54. The van der Waals surface area contributed by atoms with Crippen LogP contribution >= 0.6 is 0 Å². The van der Waals surface area contributed by atoms with Crippen LogP contribution in [0, 0.1) is 19.8 Å². The van der Waals surface area contributed by atoms with Crippen molar-refractivity contribution in [3.63, 3.8) is 0 Å². The zero-order chi connectivity index (χ0) is 21.7. The van der Waals surface area contributed by atoms with Gasteiger partial charge in [0.1, 0.15) is 0 Å². The summed E-state index contributed by atoms with van der Waals surface area (Å²) in [5.74, 6) is 0.217. The summed E-state index contributed by atoms with van der Waals surface area (Å²) in [7, 11) is -3.58. The lowest BCUT2D eigenvalue weighted by molar-refractivity contribution is -0.134. The van der Waals surface area contributed by atoms with Crippen LogP contribution < -0.4 is 5.32 Å². The van der Waals surface area contributed by atoms with Gasteiger partial charge in [0.15, 0.2) is 0 Å². The van der Waals surface area contributed by atoms with Crippen LogP contribution in [-0.2, 0) is 19.6 Å². The predicted octanol–water partition coefficient (Wildman–Crippen LogP) is 2.22. The van der Waals surface area contributed by atoms with E-state index in [1.165, 1.54) is 23.6 Å². The second kappa shape index (κ2) is 9.92. The van der Waals surface area contributed by atoms with Gasteiger partial charge in [-0.25, -0.2) is 8.42 Å². The molecule has 0 aromatic heterocycles. The van der Waals surface area contributed by atoms with E-state index in [2.05, 4.69) is 5.32 Å². The molecule has 30 heavy (non-hydrogen) atoms. The van der Waals surface area contributed by atoms with E-state index in [1.54, 1.807) is 17.9 Å². The fourth-order valence-corrected chi connectivity index (χ4v) is 6.05. The van der Waals surface area contributed by atoms with Gasteiger partial charge >= 0.3 is 0 Å². The highest BCUT2D eigenvalue weighted by atomic mass is 32.2. The smallest absolute Gasteiger partial charge is 0.243 e. The molecular weight excluding hydrogens is 402 g/mol. The standard InChI is InChI=1S/C22H33N3O4S/c1-17-8-9-18(2)20(14-17)30(28,29)25-12-10-24(11-13-25)22(27)16-23-21(26)15-19-6-4-3-5-7-19/h8-9,14,19H,3-7,10-13,15-16H2,1-2H3,(H,23,26). The van der Waals surface area contributed by atoms with E-state index in [9.17, 15) is 18.0 Å². The lowest BCUT2D eigenvalue weighted by Gasteiger charge is -2.34. The Bertz CT molecular complexity index is 870. The van der Waals surface area contributed by atoms with E-state index < -0.39 is 10.0 Å². The summed E-state index contributed by atoms with van der Waals surface area (Å²) in [5, 5.41) is 2.75. The number of sulfonamides is 1. The maximum atomic E-state index is 13.0. The van der Waals surface area contributed by atoms with Crippen LogP contribution in [0.4, 0.5) is 0 Å². The Balaban J connectivity index is 1.48. The van der Waals surface area contributed by atoms with Gasteiger partial charge in [0.2, 0.25) is 21.8 Å². The first-order chi connectivity index (χ1) is 14.3. The highest BCUT2D eigenvalue weighted by Crippen LogP contribution is 2.26. The largest absolute Gasteiger partial charge is 0.347 e. The normalized spacial score (nSPS) is 18.9. The number of nitrogens with one attached hydrogen (secondary N) is 1. The number of nitrogens with zero attached hydrogens (tertiary/aromatic N) is 2. The van der Waals surface area contributed by atoms with Gasteiger partial charge in [0.25, 0.3) is 0 Å². The number of carbonyl (C=O) groups excluding carboxylic acids is 2. The van der Waals surface area contributed by atoms with Crippen molar-refractivity contribution in [3.05, 3.63) is 29.3 Å². The minimum absolute atomic E-state index is 0.0186. The van der Waals surface area contributed by atoms with Gasteiger partial charge in [-0.2, -0.15) is 4.31 Å². The topological polar surface area (TPSA) is 86.8 Å². The first-order valence-electron chi connectivity index (χ1n) is 10.9. The van der Waals surface area contributed by atoms with E-state index >= 15 is 0 Å². The molecule has 1 heterocycles. The molecule has 1 saturated carbocycles. The van der Waals surface area contributed by atoms with Crippen LogP contribution in [0.5, 0.6) is 0 Å². The summed E-state index contributed by atoms with van der Waals surface area (Å²) in [6, 6.07) is 5.41. The number of piperazine rings is 1. The summed E-state index contributed by atoms with van der Waals surface area (Å²) in [4.78, 5) is 26.6. The molecule has 2 amide bonds. The Morgan fingerprint density at radius 1 is 1.03 bits per heavy atom.